The van der Waals surface area contributed by atoms with E-state index in [4.69, 9.17) is 23.2 Å². The lowest BCUT2D eigenvalue weighted by Crippen LogP contribution is -1.98. The summed E-state index contributed by atoms with van der Waals surface area (Å²) in [6.45, 7) is 1.93. The molecule has 1 fully saturated rings. The molecule has 19 heavy (non-hydrogen) atoms. The van der Waals surface area contributed by atoms with Gasteiger partial charge in [-0.05, 0) is 43.7 Å². The molecule has 0 amide bonds. The van der Waals surface area contributed by atoms with Crippen LogP contribution in [0.15, 0.2) is 28.4 Å². The Morgan fingerprint density at radius 3 is 2.63 bits per heavy atom. The molecule has 2 aromatic rings. The molecule has 0 atom stereocenters. The highest BCUT2D eigenvalue weighted by molar-refractivity contribution is 7.99. The van der Waals surface area contributed by atoms with E-state index in [0.29, 0.717) is 16.1 Å². The second kappa shape index (κ2) is 5.27. The van der Waals surface area contributed by atoms with Gasteiger partial charge >= 0.3 is 0 Å². The van der Waals surface area contributed by atoms with Crippen molar-refractivity contribution < 1.29 is 0 Å². The number of aromatic nitrogens is 3. The van der Waals surface area contributed by atoms with E-state index in [1.54, 1.807) is 6.20 Å². The summed E-state index contributed by atoms with van der Waals surface area (Å²) in [5.41, 5.74) is 0.896. The third-order valence-corrected chi connectivity index (χ3v) is 4.54. The van der Waals surface area contributed by atoms with Gasteiger partial charge in [-0.25, -0.2) is 15.0 Å². The summed E-state index contributed by atoms with van der Waals surface area (Å²) in [4.78, 5) is 13.2. The van der Waals surface area contributed by atoms with E-state index < -0.39 is 0 Å². The van der Waals surface area contributed by atoms with E-state index in [9.17, 15) is 0 Å². The molecule has 0 aromatic carbocycles. The highest BCUT2D eigenvalue weighted by Crippen LogP contribution is 2.40. The van der Waals surface area contributed by atoms with Gasteiger partial charge in [-0.3, -0.25) is 0 Å². The van der Waals surface area contributed by atoms with Crippen LogP contribution in [-0.4, -0.2) is 15.0 Å². The number of hydrogen-bond acceptors (Lipinski definition) is 4. The predicted octanol–water partition coefficient (Wildman–Crippen LogP) is 4.52. The highest BCUT2D eigenvalue weighted by atomic mass is 35.5. The number of rotatable bonds is 3. The molecule has 2 heterocycles. The van der Waals surface area contributed by atoms with Crippen molar-refractivity contribution in [3.8, 4) is 0 Å². The van der Waals surface area contributed by atoms with Crippen LogP contribution < -0.4 is 0 Å². The average molecular weight is 312 g/mol. The molecule has 98 valence electrons. The van der Waals surface area contributed by atoms with Gasteiger partial charge in [0.2, 0.25) is 0 Å². The Morgan fingerprint density at radius 1 is 1.21 bits per heavy atom. The molecule has 3 rings (SSSR count). The van der Waals surface area contributed by atoms with E-state index in [1.165, 1.54) is 11.8 Å². The van der Waals surface area contributed by atoms with Gasteiger partial charge in [-0.2, -0.15) is 0 Å². The summed E-state index contributed by atoms with van der Waals surface area (Å²) in [7, 11) is 0. The number of hydrogen-bond donors (Lipinski definition) is 0. The Bertz CT molecular complexity index is 612. The summed E-state index contributed by atoms with van der Waals surface area (Å²) in [5.74, 6) is 1.34. The van der Waals surface area contributed by atoms with Gasteiger partial charge in [0.05, 0.1) is 5.02 Å². The Labute approximate surface area is 125 Å². The van der Waals surface area contributed by atoms with Crippen LogP contribution >= 0.6 is 35.0 Å². The van der Waals surface area contributed by atoms with Crippen molar-refractivity contribution in [2.75, 3.05) is 0 Å². The van der Waals surface area contributed by atoms with Gasteiger partial charge in [-0.15, -0.1) is 0 Å². The molecule has 1 saturated carbocycles. The minimum atomic E-state index is 0.482. The zero-order chi connectivity index (χ0) is 13.4. The highest BCUT2D eigenvalue weighted by Gasteiger charge is 2.28. The Hall–Kier alpha value is -0.840. The van der Waals surface area contributed by atoms with Crippen molar-refractivity contribution in [2.45, 2.75) is 35.7 Å². The molecule has 0 saturated heterocycles. The summed E-state index contributed by atoms with van der Waals surface area (Å²) >= 11 is 13.5. The van der Waals surface area contributed by atoms with Crippen LogP contribution in [0, 0.1) is 6.92 Å². The topological polar surface area (TPSA) is 38.7 Å². The van der Waals surface area contributed by atoms with E-state index in [0.717, 1.165) is 34.3 Å². The van der Waals surface area contributed by atoms with E-state index in [1.807, 2.05) is 19.1 Å². The van der Waals surface area contributed by atoms with Gasteiger partial charge in [0.15, 0.2) is 0 Å². The lowest BCUT2D eigenvalue weighted by Gasteiger charge is -2.08. The van der Waals surface area contributed by atoms with Crippen molar-refractivity contribution in [2.24, 2.45) is 0 Å². The maximum absolute atomic E-state index is 6.18. The van der Waals surface area contributed by atoms with Crippen LogP contribution in [0.5, 0.6) is 0 Å². The smallest absolute Gasteiger partial charge is 0.136 e. The fraction of sp³-hybridized carbons (Fsp3) is 0.308. The van der Waals surface area contributed by atoms with Crippen LogP contribution in [0.1, 0.15) is 30.1 Å². The zero-order valence-corrected chi connectivity index (χ0v) is 12.6. The first-order valence-electron chi connectivity index (χ1n) is 5.97. The quantitative estimate of drug-likeness (QED) is 0.781. The SMILES string of the molecule is Cc1c(Cl)nc(C2CC2)nc1Sc1ccc(Cl)cn1. The predicted molar refractivity (Wildman–Crippen MR) is 77.1 cm³/mol. The number of pyridine rings is 1. The molecule has 0 N–H and O–H groups in total. The van der Waals surface area contributed by atoms with Crippen LogP contribution in [0.4, 0.5) is 0 Å². The maximum Gasteiger partial charge on any atom is 0.136 e. The van der Waals surface area contributed by atoms with Crippen LogP contribution in [0.2, 0.25) is 10.2 Å². The molecular formula is C13H11Cl2N3S. The van der Waals surface area contributed by atoms with Crippen molar-refractivity contribution >= 4 is 35.0 Å². The standard InChI is InChI=1S/C13H11Cl2N3S/c1-7-11(15)17-12(8-2-3-8)18-13(7)19-10-5-4-9(14)6-16-10/h4-6,8H,2-3H2,1H3. The lowest BCUT2D eigenvalue weighted by atomic mass is 10.3. The van der Waals surface area contributed by atoms with E-state index >= 15 is 0 Å². The second-order valence-electron chi connectivity index (χ2n) is 4.49. The first kappa shape index (κ1) is 13.2. The van der Waals surface area contributed by atoms with Gasteiger partial charge in [0.25, 0.3) is 0 Å². The van der Waals surface area contributed by atoms with Crippen LogP contribution in [0.3, 0.4) is 0 Å². The van der Waals surface area contributed by atoms with Crippen molar-refractivity contribution in [1.82, 2.24) is 15.0 Å². The second-order valence-corrected chi connectivity index (χ2v) is 6.30. The normalized spacial score (nSPS) is 14.7. The monoisotopic (exact) mass is 311 g/mol. The minimum absolute atomic E-state index is 0.482. The Balaban J connectivity index is 1.92. The van der Waals surface area contributed by atoms with Gasteiger partial charge in [0.1, 0.15) is 21.0 Å². The van der Waals surface area contributed by atoms with Gasteiger partial charge in [-0.1, -0.05) is 23.2 Å². The molecular weight excluding hydrogens is 301 g/mol. The molecule has 6 heteroatoms. The van der Waals surface area contributed by atoms with E-state index in [2.05, 4.69) is 15.0 Å². The molecule has 0 spiro atoms. The molecule has 1 aliphatic rings. The molecule has 3 nitrogen and oxygen atoms in total. The molecule has 0 aliphatic heterocycles. The first-order chi connectivity index (χ1) is 9.13. The summed E-state index contributed by atoms with van der Waals surface area (Å²) in [6, 6.07) is 3.69. The lowest BCUT2D eigenvalue weighted by molar-refractivity contribution is 0.861. The van der Waals surface area contributed by atoms with E-state index in [-0.39, 0.29) is 0 Å². The fourth-order valence-corrected chi connectivity index (χ4v) is 2.80. The fourth-order valence-electron chi connectivity index (χ4n) is 1.63. The van der Waals surface area contributed by atoms with Crippen LogP contribution in [0.25, 0.3) is 0 Å². The average Bonchev–Trinajstić information content (AvgIpc) is 3.21. The van der Waals surface area contributed by atoms with Gasteiger partial charge < -0.3 is 0 Å². The van der Waals surface area contributed by atoms with Crippen molar-refractivity contribution in [1.29, 1.82) is 0 Å². The summed E-state index contributed by atoms with van der Waals surface area (Å²) in [5, 5.41) is 2.88. The zero-order valence-electron chi connectivity index (χ0n) is 10.2. The largest absolute Gasteiger partial charge is 0.248 e. The summed E-state index contributed by atoms with van der Waals surface area (Å²) in [6.07, 6.45) is 3.94. The van der Waals surface area contributed by atoms with Crippen molar-refractivity contribution in [3.05, 3.63) is 39.9 Å². The summed E-state index contributed by atoms with van der Waals surface area (Å²) < 4.78 is 0. The molecule has 2 aromatic heterocycles. The molecule has 0 unspecified atom stereocenters. The molecule has 1 aliphatic carbocycles. The molecule has 0 radical (unpaired) electrons. The van der Waals surface area contributed by atoms with Crippen molar-refractivity contribution in [3.63, 3.8) is 0 Å². The maximum atomic E-state index is 6.18. The third kappa shape index (κ3) is 3.02. The first-order valence-corrected chi connectivity index (χ1v) is 7.54. The Morgan fingerprint density at radius 2 is 2.00 bits per heavy atom. The van der Waals surface area contributed by atoms with Crippen LogP contribution in [-0.2, 0) is 0 Å². The number of halogens is 2. The Kier molecular flexibility index (Phi) is 3.65. The minimum Gasteiger partial charge on any atom is -0.248 e. The third-order valence-electron chi connectivity index (χ3n) is 2.90. The number of nitrogens with zero attached hydrogens (tertiary/aromatic N) is 3. The molecule has 0 bridgehead atoms. The van der Waals surface area contributed by atoms with Gasteiger partial charge in [0, 0.05) is 17.7 Å².